The van der Waals surface area contributed by atoms with Crippen molar-refractivity contribution in [3.63, 3.8) is 0 Å². The average Bonchev–Trinajstić information content (AvgIpc) is 2.49. The molecule has 2 heteroatoms. The van der Waals surface area contributed by atoms with E-state index in [1.54, 1.807) is 0 Å². The molecule has 0 amide bonds. The summed E-state index contributed by atoms with van der Waals surface area (Å²) in [6.45, 7) is 10.5. The molecule has 1 heterocycles. The van der Waals surface area contributed by atoms with Crippen LogP contribution >= 0.6 is 0 Å². The van der Waals surface area contributed by atoms with Crippen molar-refractivity contribution >= 4 is 0 Å². The second-order valence-corrected chi connectivity index (χ2v) is 5.58. The van der Waals surface area contributed by atoms with Crippen molar-refractivity contribution in [2.45, 2.75) is 39.0 Å². The zero-order valence-corrected chi connectivity index (χ0v) is 12.5. The molecule has 1 fully saturated rings. The van der Waals surface area contributed by atoms with Gasteiger partial charge in [0.15, 0.2) is 0 Å². The first kappa shape index (κ1) is 14.5. The van der Waals surface area contributed by atoms with Gasteiger partial charge >= 0.3 is 0 Å². The number of nitrogens with zero attached hydrogens (tertiary/aromatic N) is 1. The number of nitrogens with one attached hydrogen (secondary N) is 1. The molecule has 1 aromatic carbocycles. The van der Waals surface area contributed by atoms with Crippen molar-refractivity contribution in [3.8, 4) is 0 Å². The maximum absolute atomic E-state index is 3.42. The van der Waals surface area contributed by atoms with Crippen LogP contribution in [0.25, 0.3) is 0 Å². The van der Waals surface area contributed by atoms with Gasteiger partial charge in [0.1, 0.15) is 0 Å². The highest BCUT2D eigenvalue weighted by molar-refractivity contribution is 5.25. The molecular formula is C17H28N2. The minimum Gasteiger partial charge on any atom is -0.314 e. The van der Waals surface area contributed by atoms with E-state index < -0.39 is 0 Å². The largest absolute Gasteiger partial charge is 0.314 e. The molecule has 19 heavy (non-hydrogen) atoms. The Hall–Kier alpha value is -0.860. The Kier molecular flexibility index (Phi) is 5.87. The van der Waals surface area contributed by atoms with Gasteiger partial charge in [0, 0.05) is 26.2 Å². The smallest absolute Gasteiger partial charge is 0.0107 e. The van der Waals surface area contributed by atoms with Crippen LogP contribution in [0.2, 0.25) is 0 Å². The van der Waals surface area contributed by atoms with Crippen LogP contribution < -0.4 is 5.32 Å². The molecule has 2 rings (SSSR count). The van der Waals surface area contributed by atoms with E-state index >= 15 is 0 Å². The monoisotopic (exact) mass is 260 g/mol. The molecule has 1 aromatic rings. The summed E-state index contributed by atoms with van der Waals surface area (Å²) in [6, 6.07) is 9.27. The Labute approximate surface area is 118 Å². The van der Waals surface area contributed by atoms with Crippen LogP contribution in [0.4, 0.5) is 0 Å². The Morgan fingerprint density at radius 2 is 1.79 bits per heavy atom. The topological polar surface area (TPSA) is 15.3 Å². The first-order valence-electron chi connectivity index (χ1n) is 7.85. The van der Waals surface area contributed by atoms with Crippen molar-refractivity contribution in [1.29, 1.82) is 0 Å². The van der Waals surface area contributed by atoms with E-state index in [0.29, 0.717) is 0 Å². The molecule has 1 unspecified atom stereocenters. The zero-order valence-electron chi connectivity index (χ0n) is 12.5. The van der Waals surface area contributed by atoms with Gasteiger partial charge in [0.25, 0.3) is 0 Å². The molecule has 0 aromatic heterocycles. The zero-order chi connectivity index (χ0) is 13.5. The lowest BCUT2D eigenvalue weighted by Gasteiger charge is -2.28. The molecule has 0 bridgehead atoms. The van der Waals surface area contributed by atoms with Gasteiger partial charge in [0.05, 0.1) is 0 Å². The van der Waals surface area contributed by atoms with E-state index in [-0.39, 0.29) is 0 Å². The fourth-order valence-corrected chi connectivity index (χ4v) is 2.91. The number of benzene rings is 1. The Bertz CT molecular complexity index is 352. The van der Waals surface area contributed by atoms with Crippen LogP contribution in [-0.4, -0.2) is 37.6 Å². The molecular weight excluding hydrogens is 232 g/mol. The van der Waals surface area contributed by atoms with Gasteiger partial charge in [-0.25, -0.2) is 0 Å². The van der Waals surface area contributed by atoms with Gasteiger partial charge in [-0.1, -0.05) is 38.1 Å². The van der Waals surface area contributed by atoms with Crippen LogP contribution in [0.15, 0.2) is 24.3 Å². The molecule has 0 radical (unpaired) electrons. The molecule has 0 saturated carbocycles. The Morgan fingerprint density at radius 1 is 1.11 bits per heavy atom. The Balaban J connectivity index is 1.87. The third kappa shape index (κ3) is 4.32. The van der Waals surface area contributed by atoms with Crippen LogP contribution in [0, 0.1) is 0 Å². The summed E-state index contributed by atoms with van der Waals surface area (Å²) in [7, 11) is 0. The van der Waals surface area contributed by atoms with Crippen molar-refractivity contribution < 1.29 is 0 Å². The van der Waals surface area contributed by atoms with E-state index in [1.165, 1.54) is 43.6 Å². The highest BCUT2D eigenvalue weighted by Gasteiger charge is 2.13. The van der Waals surface area contributed by atoms with Crippen molar-refractivity contribution in [3.05, 3.63) is 35.4 Å². The van der Waals surface area contributed by atoms with Gasteiger partial charge < -0.3 is 10.2 Å². The number of rotatable bonds is 6. The van der Waals surface area contributed by atoms with E-state index in [4.69, 9.17) is 0 Å². The van der Waals surface area contributed by atoms with Gasteiger partial charge in [-0.05, 0) is 42.9 Å². The number of hydrogen-bond donors (Lipinski definition) is 1. The molecule has 1 atom stereocenters. The van der Waals surface area contributed by atoms with E-state index in [0.717, 1.165) is 25.4 Å². The summed E-state index contributed by atoms with van der Waals surface area (Å²) in [5.74, 6) is 0.723. The molecule has 0 spiro atoms. The molecule has 1 N–H and O–H groups in total. The summed E-state index contributed by atoms with van der Waals surface area (Å²) < 4.78 is 0. The molecule has 1 saturated heterocycles. The SMILES string of the molecule is CCc1ccc(C(CC)CCN2CCNCC2)cc1. The average molecular weight is 260 g/mol. The van der Waals surface area contributed by atoms with E-state index in [1.807, 2.05) is 0 Å². The summed E-state index contributed by atoms with van der Waals surface area (Å²) in [4.78, 5) is 2.60. The lowest BCUT2D eigenvalue weighted by atomic mass is 9.92. The number of piperazine rings is 1. The maximum Gasteiger partial charge on any atom is 0.0107 e. The van der Waals surface area contributed by atoms with E-state index in [2.05, 4.69) is 48.3 Å². The first-order valence-corrected chi connectivity index (χ1v) is 7.85. The van der Waals surface area contributed by atoms with Crippen molar-refractivity contribution in [2.75, 3.05) is 32.7 Å². The predicted molar refractivity (Wildman–Crippen MR) is 82.8 cm³/mol. The number of hydrogen-bond acceptors (Lipinski definition) is 2. The third-order valence-electron chi connectivity index (χ3n) is 4.36. The van der Waals surface area contributed by atoms with Gasteiger partial charge in [0.2, 0.25) is 0 Å². The second kappa shape index (κ2) is 7.66. The predicted octanol–water partition coefficient (Wildman–Crippen LogP) is 3.04. The minimum atomic E-state index is 0.723. The van der Waals surface area contributed by atoms with Gasteiger partial charge in [-0.3, -0.25) is 0 Å². The molecule has 0 aliphatic carbocycles. The van der Waals surface area contributed by atoms with Crippen molar-refractivity contribution in [2.24, 2.45) is 0 Å². The van der Waals surface area contributed by atoms with Gasteiger partial charge in [-0.2, -0.15) is 0 Å². The normalized spacial score (nSPS) is 18.4. The van der Waals surface area contributed by atoms with Crippen LogP contribution in [0.3, 0.4) is 0 Å². The quantitative estimate of drug-likeness (QED) is 0.846. The second-order valence-electron chi connectivity index (χ2n) is 5.58. The van der Waals surface area contributed by atoms with Crippen molar-refractivity contribution in [1.82, 2.24) is 10.2 Å². The lowest BCUT2D eigenvalue weighted by Crippen LogP contribution is -2.44. The maximum atomic E-state index is 3.42. The number of aryl methyl sites for hydroxylation is 1. The van der Waals surface area contributed by atoms with Crippen LogP contribution in [-0.2, 0) is 6.42 Å². The lowest BCUT2D eigenvalue weighted by molar-refractivity contribution is 0.232. The summed E-state index contributed by atoms with van der Waals surface area (Å²) in [5, 5.41) is 3.42. The summed E-state index contributed by atoms with van der Waals surface area (Å²) in [6.07, 6.45) is 3.68. The van der Waals surface area contributed by atoms with E-state index in [9.17, 15) is 0 Å². The minimum absolute atomic E-state index is 0.723. The summed E-state index contributed by atoms with van der Waals surface area (Å²) >= 11 is 0. The first-order chi connectivity index (χ1) is 9.33. The Morgan fingerprint density at radius 3 is 2.37 bits per heavy atom. The highest BCUT2D eigenvalue weighted by atomic mass is 15.2. The standard InChI is InChI=1S/C17H28N2/c1-3-15-5-7-17(8-6-15)16(4-2)9-12-19-13-10-18-11-14-19/h5-8,16,18H,3-4,9-14H2,1-2H3. The molecule has 1 aliphatic rings. The fourth-order valence-electron chi connectivity index (χ4n) is 2.91. The summed E-state index contributed by atoms with van der Waals surface area (Å²) in [5.41, 5.74) is 2.97. The molecule has 106 valence electrons. The van der Waals surface area contributed by atoms with Crippen LogP contribution in [0.1, 0.15) is 43.7 Å². The molecule has 1 aliphatic heterocycles. The highest BCUT2D eigenvalue weighted by Crippen LogP contribution is 2.24. The van der Waals surface area contributed by atoms with Gasteiger partial charge in [-0.15, -0.1) is 0 Å². The molecule has 2 nitrogen and oxygen atoms in total. The van der Waals surface area contributed by atoms with Crippen LogP contribution in [0.5, 0.6) is 0 Å². The fraction of sp³-hybridized carbons (Fsp3) is 0.647. The third-order valence-corrected chi connectivity index (χ3v) is 4.36.